The van der Waals surface area contributed by atoms with E-state index in [1.165, 1.54) is 6.07 Å². The Morgan fingerprint density at radius 2 is 2.04 bits per heavy atom. The molecule has 1 aromatic heterocycles. The first-order valence-corrected chi connectivity index (χ1v) is 9.65. The molecule has 1 fully saturated rings. The summed E-state index contributed by atoms with van der Waals surface area (Å²) in [6.45, 7) is 7.35. The number of aromatic nitrogens is 2. The standard InChI is InChI=1S/C18H22BrN5O3/c1-12(2)16-15(19)17(21-20-16)18(25)23-8-6-22(7-9-23)11-13-4-3-5-14(10-13)24(26)27/h3-5,10,12H,6-9,11H2,1-2H3,(H,20,21). The number of nitrogens with zero attached hydrogens (tertiary/aromatic N) is 4. The minimum atomic E-state index is -0.382. The van der Waals surface area contributed by atoms with Crippen LogP contribution in [0.25, 0.3) is 0 Å². The maximum Gasteiger partial charge on any atom is 0.275 e. The van der Waals surface area contributed by atoms with Crippen molar-refractivity contribution in [2.75, 3.05) is 26.2 Å². The molecule has 0 aliphatic carbocycles. The average Bonchev–Trinajstić information content (AvgIpc) is 3.03. The average molecular weight is 436 g/mol. The highest BCUT2D eigenvalue weighted by Crippen LogP contribution is 2.26. The quantitative estimate of drug-likeness (QED) is 0.574. The number of amides is 1. The van der Waals surface area contributed by atoms with Crippen molar-refractivity contribution in [1.29, 1.82) is 0 Å². The van der Waals surface area contributed by atoms with E-state index < -0.39 is 0 Å². The van der Waals surface area contributed by atoms with Gasteiger partial charge in [-0.3, -0.25) is 24.9 Å². The first-order valence-electron chi connectivity index (χ1n) is 8.85. The smallest absolute Gasteiger partial charge is 0.275 e. The van der Waals surface area contributed by atoms with Gasteiger partial charge in [-0.25, -0.2) is 0 Å². The summed E-state index contributed by atoms with van der Waals surface area (Å²) in [5, 5.41) is 18.0. The highest BCUT2D eigenvalue weighted by Gasteiger charge is 2.27. The zero-order valence-corrected chi connectivity index (χ0v) is 16.9. The third-order valence-corrected chi connectivity index (χ3v) is 5.50. The lowest BCUT2D eigenvalue weighted by Gasteiger charge is -2.34. The fourth-order valence-corrected chi connectivity index (χ4v) is 3.96. The van der Waals surface area contributed by atoms with Crippen LogP contribution in [-0.4, -0.2) is 57.0 Å². The minimum Gasteiger partial charge on any atom is -0.335 e. The Morgan fingerprint density at radius 1 is 1.33 bits per heavy atom. The Bertz CT molecular complexity index is 843. The Balaban J connectivity index is 1.59. The van der Waals surface area contributed by atoms with Crippen molar-refractivity contribution < 1.29 is 9.72 Å². The number of H-pyrrole nitrogens is 1. The molecule has 0 unspecified atom stereocenters. The van der Waals surface area contributed by atoms with Crippen molar-refractivity contribution in [1.82, 2.24) is 20.0 Å². The van der Waals surface area contributed by atoms with Gasteiger partial charge in [0.1, 0.15) is 0 Å². The monoisotopic (exact) mass is 435 g/mol. The highest BCUT2D eigenvalue weighted by atomic mass is 79.9. The van der Waals surface area contributed by atoms with Crippen LogP contribution >= 0.6 is 15.9 Å². The number of carbonyl (C=O) groups excluding carboxylic acids is 1. The molecule has 2 heterocycles. The molecule has 1 N–H and O–H groups in total. The van der Waals surface area contributed by atoms with Gasteiger partial charge < -0.3 is 4.90 Å². The normalized spacial score (nSPS) is 15.3. The Hall–Kier alpha value is -2.26. The lowest BCUT2D eigenvalue weighted by atomic mass is 10.1. The minimum absolute atomic E-state index is 0.0833. The van der Waals surface area contributed by atoms with Crippen molar-refractivity contribution >= 4 is 27.5 Å². The van der Waals surface area contributed by atoms with Crippen LogP contribution in [0, 0.1) is 10.1 Å². The van der Waals surface area contributed by atoms with E-state index in [4.69, 9.17) is 0 Å². The number of halogens is 1. The molecule has 0 saturated carbocycles. The summed E-state index contributed by atoms with van der Waals surface area (Å²) in [6.07, 6.45) is 0. The van der Waals surface area contributed by atoms with Gasteiger partial charge in [0.25, 0.3) is 11.6 Å². The number of nitro groups is 1. The zero-order valence-electron chi connectivity index (χ0n) is 15.3. The van der Waals surface area contributed by atoms with Gasteiger partial charge in [0.2, 0.25) is 0 Å². The predicted octanol–water partition coefficient (Wildman–Crippen LogP) is 3.16. The predicted molar refractivity (Wildman–Crippen MR) is 105 cm³/mol. The second-order valence-electron chi connectivity index (χ2n) is 6.95. The van der Waals surface area contributed by atoms with Gasteiger partial charge in [0.05, 0.1) is 15.1 Å². The zero-order chi connectivity index (χ0) is 19.6. The van der Waals surface area contributed by atoms with Gasteiger partial charge >= 0.3 is 0 Å². The first kappa shape index (κ1) is 19.5. The van der Waals surface area contributed by atoms with Crippen LogP contribution in [0.5, 0.6) is 0 Å². The number of rotatable bonds is 5. The van der Waals surface area contributed by atoms with Gasteiger partial charge in [0.15, 0.2) is 5.69 Å². The summed E-state index contributed by atoms with van der Waals surface area (Å²) in [6, 6.07) is 6.69. The summed E-state index contributed by atoms with van der Waals surface area (Å²) < 4.78 is 0.738. The summed E-state index contributed by atoms with van der Waals surface area (Å²) in [5.74, 6) is 0.167. The van der Waals surface area contributed by atoms with Crippen LogP contribution in [0.1, 0.15) is 41.5 Å². The van der Waals surface area contributed by atoms with Crippen LogP contribution < -0.4 is 0 Å². The molecule has 0 spiro atoms. The summed E-state index contributed by atoms with van der Waals surface area (Å²) in [4.78, 5) is 27.3. The van der Waals surface area contributed by atoms with Gasteiger partial charge in [-0.05, 0) is 27.4 Å². The van der Waals surface area contributed by atoms with Crippen molar-refractivity contribution in [3.8, 4) is 0 Å². The number of non-ortho nitro benzene ring substituents is 1. The van der Waals surface area contributed by atoms with E-state index in [1.807, 2.05) is 19.9 Å². The molecule has 1 aromatic carbocycles. The number of carbonyl (C=O) groups is 1. The second-order valence-corrected chi connectivity index (χ2v) is 7.74. The van der Waals surface area contributed by atoms with Gasteiger partial charge in [-0.1, -0.05) is 26.0 Å². The molecule has 1 saturated heterocycles. The van der Waals surface area contributed by atoms with E-state index in [2.05, 4.69) is 31.0 Å². The van der Waals surface area contributed by atoms with Crippen molar-refractivity contribution in [3.05, 3.63) is 55.8 Å². The molecule has 1 amide bonds. The molecular formula is C18H22BrN5O3. The third kappa shape index (κ3) is 4.36. The molecule has 1 aliphatic heterocycles. The van der Waals surface area contributed by atoms with E-state index in [0.29, 0.717) is 38.4 Å². The molecular weight excluding hydrogens is 414 g/mol. The maximum atomic E-state index is 12.8. The van der Waals surface area contributed by atoms with E-state index in [0.717, 1.165) is 15.7 Å². The number of nitrogens with one attached hydrogen (secondary N) is 1. The molecule has 9 heteroatoms. The van der Waals surface area contributed by atoms with Gasteiger partial charge in [-0.2, -0.15) is 5.10 Å². The number of hydrogen-bond acceptors (Lipinski definition) is 5. The Kier molecular flexibility index (Phi) is 5.91. The van der Waals surface area contributed by atoms with E-state index in [-0.39, 0.29) is 22.4 Å². The Morgan fingerprint density at radius 3 is 2.63 bits per heavy atom. The molecule has 27 heavy (non-hydrogen) atoms. The maximum absolute atomic E-state index is 12.8. The fourth-order valence-electron chi connectivity index (χ4n) is 3.15. The molecule has 144 valence electrons. The number of aromatic amines is 1. The van der Waals surface area contributed by atoms with Crippen LogP contribution in [0.15, 0.2) is 28.7 Å². The molecule has 2 aromatic rings. The number of nitro benzene ring substituents is 1. The molecule has 0 atom stereocenters. The van der Waals surface area contributed by atoms with Crippen molar-refractivity contribution in [2.45, 2.75) is 26.3 Å². The lowest BCUT2D eigenvalue weighted by molar-refractivity contribution is -0.384. The number of piperazine rings is 1. The largest absolute Gasteiger partial charge is 0.335 e. The van der Waals surface area contributed by atoms with Crippen molar-refractivity contribution in [2.24, 2.45) is 0 Å². The molecule has 8 nitrogen and oxygen atoms in total. The van der Waals surface area contributed by atoms with E-state index in [9.17, 15) is 14.9 Å². The molecule has 0 radical (unpaired) electrons. The summed E-state index contributed by atoms with van der Waals surface area (Å²) in [7, 11) is 0. The molecule has 0 bridgehead atoms. The lowest BCUT2D eigenvalue weighted by Crippen LogP contribution is -2.48. The van der Waals surface area contributed by atoms with Crippen LogP contribution in [0.3, 0.4) is 0 Å². The van der Waals surface area contributed by atoms with Crippen LogP contribution in [0.4, 0.5) is 5.69 Å². The van der Waals surface area contributed by atoms with E-state index >= 15 is 0 Å². The van der Waals surface area contributed by atoms with Crippen LogP contribution in [0.2, 0.25) is 0 Å². The molecule has 3 rings (SSSR count). The SMILES string of the molecule is CC(C)c1[nH]nc(C(=O)N2CCN(Cc3cccc([N+](=O)[O-])c3)CC2)c1Br. The van der Waals surface area contributed by atoms with Crippen molar-refractivity contribution in [3.63, 3.8) is 0 Å². The third-order valence-electron chi connectivity index (χ3n) is 4.70. The second kappa shape index (κ2) is 8.18. The molecule has 1 aliphatic rings. The fraction of sp³-hybridized carbons (Fsp3) is 0.444. The topological polar surface area (TPSA) is 95.4 Å². The van der Waals surface area contributed by atoms with E-state index in [1.54, 1.807) is 17.0 Å². The summed E-state index contributed by atoms with van der Waals surface area (Å²) >= 11 is 3.49. The summed E-state index contributed by atoms with van der Waals surface area (Å²) in [5.41, 5.74) is 2.35. The number of benzene rings is 1. The number of hydrogen-bond donors (Lipinski definition) is 1. The Labute approximate surface area is 165 Å². The van der Waals surface area contributed by atoms with Crippen LogP contribution in [-0.2, 0) is 6.54 Å². The first-order chi connectivity index (χ1) is 12.9. The van der Waals surface area contributed by atoms with Gasteiger partial charge in [0, 0.05) is 44.9 Å². The highest BCUT2D eigenvalue weighted by molar-refractivity contribution is 9.10. The van der Waals surface area contributed by atoms with Gasteiger partial charge in [-0.15, -0.1) is 0 Å².